The van der Waals surface area contributed by atoms with Crippen LogP contribution >= 0.6 is 23.2 Å². The van der Waals surface area contributed by atoms with Gasteiger partial charge in [0, 0.05) is 0 Å². The summed E-state index contributed by atoms with van der Waals surface area (Å²) in [5.41, 5.74) is -0.00129. The first-order chi connectivity index (χ1) is 10.3. The van der Waals surface area contributed by atoms with E-state index in [-0.39, 0.29) is 17.4 Å². The maximum Gasteiger partial charge on any atom is 0.454 e. The number of hydrogen-bond acceptors (Lipinski definition) is 2. The maximum atomic E-state index is 12.6. The van der Waals surface area contributed by atoms with Gasteiger partial charge >= 0.3 is 6.18 Å². The maximum absolute atomic E-state index is 12.6. The first kappa shape index (κ1) is 16.6. The fourth-order valence-electron chi connectivity index (χ4n) is 1.73. The molecule has 116 valence electrons. The normalized spacial score (nSPS) is 11.3. The Morgan fingerprint density at radius 3 is 2.27 bits per heavy atom. The lowest BCUT2D eigenvalue weighted by atomic mass is 10.1. The van der Waals surface area contributed by atoms with Crippen LogP contribution in [0.2, 0.25) is 10.0 Å². The number of ether oxygens (including phenoxy) is 1. The van der Waals surface area contributed by atoms with Crippen LogP contribution in [0.5, 0.6) is 5.75 Å². The van der Waals surface area contributed by atoms with E-state index in [1.54, 1.807) is 24.3 Å². The van der Waals surface area contributed by atoms with Crippen molar-refractivity contribution in [3.05, 3.63) is 63.6 Å². The SMILES string of the molecule is O=C(c1c(Cl)ccc(OCc2ccccc2)c1Cl)C(F)(F)F. The van der Waals surface area contributed by atoms with Crippen molar-refractivity contribution in [2.75, 3.05) is 0 Å². The summed E-state index contributed by atoms with van der Waals surface area (Å²) in [5.74, 6) is -2.14. The standard InChI is InChI=1S/C15H9Cl2F3O2/c16-10-6-7-11(22-8-9-4-2-1-3-5-9)13(17)12(10)14(21)15(18,19)20/h1-7H,8H2. The molecule has 0 spiro atoms. The summed E-state index contributed by atoms with van der Waals surface area (Å²) in [6, 6.07) is 11.4. The number of rotatable bonds is 4. The van der Waals surface area contributed by atoms with Gasteiger partial charge in [0.15, 0.2) is 0 Å². The van der Waals surface area contributed by atoms with Gasteiger partial charge in [-0.2, -0.15) is 13.2 Å². The first-order valence-corrected chi connectivity index (χ1v) is 6.82. The molecule has 0 saturated carbocycles. The summed E-state index contributed by atoms with van der Waals surface area (Å²) in [5, 5.41) is -0.829. The summed E-state index contributed by atoms with van der Waals surface area (Å²) in [7, 11) is 0. The highest BCUT2D eigenvalue weighted by atomic mass is 35.5. The minimum Gasteiger partial charge on any atom is -0.487 e. The first-order valence-electron chi connectivity index (χ1n) is 6.07. The van der Waals surface area contributed by atoms with E-state index in [1.165, 1.54) is 6.07 Å². The van der Waals surface area contributed by atoms with Crippen molar-refractivity contribution >= 4 is 29.0 Å². The second-order valence-corrected chi connectivity index (χ2v) is 5.12. The van der Waals surface area contributed by atoms with E-state index < -0.39 is 22.5 Å². The predicted octanol–water partition coefficient (Wildman–Crippen LogP) is 5.32. The number of hydrogen-bond donors (Lipinski definition) is 0. The molecule has 0 aliphatic rings. The predicted molar refractivity (Wildman–Crippen MR) is 77.6 cm³/mol. The van der Waals surface area contributed by atoms with Crippen LogP contribution < -0.4 is 4.74 Å². The molecular weight excluding hydrogens is 340 g/mol. The van der Waals surface area contributed by atoms with Crippen LogP contribution in [0.4, 0.5) is 13.2 Å². The van der Waals surface area contributed by atoms with Crippen LogP contribution in [0, 0.1) is 0 Å². The minimum atomic E-state index is -5.06. The quantitative estimate of drug-likeness (QED) is 0.699. The van der Waals surface area contributed by atoms with Gasteiger partial charge in [-0.05, 0) is 17.7 Å². The summed E-state index contributed by atoms with van der Waals surface area (Å²) in [6.07, 6.45) is -5.06. The molecule has 0 aliphatic heterocycles. The van der Waals surface area contributed by atoms with Gasteiger partial charge in [-0.3, -0.25) is 4.79 Å². The van der Waals surface area contributed by atoms with Crippen LogP contribution in [0.15, 0.2) is 42.5 Å². The Bertz CT molecular complexity index is 685. The van der Waals surface area contributed by atoms with Gasteiger partial charge < -0.3 is 4.74 Å². The molecule has 2 nitrogen and oxygen atoms in total. The van der Waals surface area contributed by atoms with Gasteiger partial charge in [0.25, 0.3) is 5.78 Å². The molecule has 0 unspecified atom stereocenters. The topological polar surface area (TPSA) is 26.3 Å². The number of carbonyl (C=O) groups excluding carboxylic acids is 1. The van der Waals surface area contributed by atoms with E-state index in [1.807, 2.05) is 6.07 Å². The van der Waals surface area contributed by atoms with E-state index in [0.29, 0.717) is 0 Å². The molecule has 22 heavy (non-hydrogen) atoms. The lowest BCUT2D eigenvalue weighted by Crippen LogP contribution is -2.23. The van der Waals surface area contributed by atoms with Crippen molar-refractivity contribution in [1.29, 1.82) is 0 Å². The average Bonchev–Trinajstić information content (AvgIpc) is 2.46. The lowest BCUT2D eigenvalue weighted by Gasteiger charge is -2.13. The molecule has 0 heterocycles. The molecule has 0 atom stereocenters. The van der Waals surface area contributed by atoms with Crippen molar-refractivity contribution in [3.8, 4) is 5.75 Å². The molecule has 0 bridgehead atoms. The van der Waals surface area contributed by atoms with Crippen molar-refractivity contribution in [2.45, 2.75) is 12.8 Å². The smallest absolute Gasteiger partial charge is 0.454 e. The Balaban J connectivity index is 2.29. The highest BCUT2D eigenvalue weighted by Crippen LogP contribution is 2.37. The number of Topliss-reactive ketones (excluding diaryl/α,β-unsaturated/α-hetero) is 1. The molecular formula is C15H9Cl2F3O2. The molecule has 2 aromatic carbocycles. The van der Waals surface area contributed by atoms with Crippen LogP contribution in [-0.2, 0) is 6.61 Å². The van der Waals surface area contributed by atoms with E-state index in [4.69, 9.17) is 27.9 Å². The zero-order valence-corrected chi connectivity index (χ0v) is 12.5. The van der Waals surface area contributed by atoms with Crippen molar-refractivity contribution < 1.29 is 22.7 Å². The molecule has 2 rings (SSSR count). The van der Waals surface area contributed by atoms with Crippen molar-refractivity contribution in [1.82, 2.24) is 0 Å². The van der Waals surface area contributed by atoms with Crippen LogP contribution in [0.3, 0.4) is 0 Å². The van der Waals surface area contributed by atoms with Crippen molar-refractivity contribution in [2.24, 2.45) is 0 Å². The zero-order chi connectivity index (χ0) is 16.3. The summed E-state index contributed by atoms with van der Waals surface area (Å²) in [4.78, 5) is 11.4. The molecule has 0 amide bonds. The van der Waals surface area contributed by atoms with E-state index >= 15 is 0 Å². The third-order valence-electron chi connectivity index (χ3n) is 2.78. The van der Waals surface area contributed by atoms with Crippen molar-refractivity contribution in [3.63, 3.8) is 0 Å². The number of halogens is 5. The van der Waals surface area contributed by atoms with Gasteiger partial charge in [-0.15, -0.1) is 0 Å². The minimum absolute atomic E-state index is 0.0393. The van der Waals surface area contributed by atoms with Crippen LogP contribution in [0.25, 0.3) is 0 Å². The summed E-state index contributed by atoms with van der Waals surface area (Å²) >= 11 is 11.5. The Labute approximate surface area is 134 Å². The molecule has 2 aromatic rings. The highest BCUT2D eigenvalue weighted by Gasteiger charge is 2.42. The Morgan fingerprint density at radius 2 is 1.68 bits per heavy atom. The van der Waals surface area contributed by atoms with E-state index in [9.17, 15) is 18.0 Å². The molecule has 0 fully saturated rings. The summed E-state index contributed by atoms with van der Waals surface area (Å²) < 4.78 is 43.1. The highest BCUT2D eigenvalue weighted by molar-refractivity contribution is 6.41. The number of carbonyl (C=O) groups is 1. The van der Waals surface area contributed by atoms with E-state index in [2.05, 4.69) is 0 Å². The van der Waals surface area contributed by atoms with Crippen LogP contribution in [-0.4, -0.2) is 12.0 Å². The molecule has 7 heteroatoms. The molecule has 0 aromatic heterocycles. The van der Waals surface area contributed by atoms with Crippen LogP contribution in [0.1, 0.15) is 15.9 Å². The third kappa shape index (κ3) is 3.72. The van der Waals surface area contributed by atoms with Gasteiger partial charge in [-0.1, -0.05) is 53.5 Å². The molecule has 0 saturated heterocycles. The van der Waals surface area contributed by atoms with Gasteiger partial charge in [0.05, 0.1) is 15.6 Å². The summed E-state index contributed by atoms with van der Waals surface area (Å²) in [6.45, 7) is 0.0990. The third-order valence-corrected chi connectivity index (χ3v) is 3.47. The fraction of sp³-hybridized carbons (Fsp3) is 0.133. The largest absolute Gasteiger partial charge is 0.487 e. The second-order valence-electron chi connectivity index (χ2n) is 4.34. The monoisotopic (exact) mass is 348 g/mol. The Hall–Kier alpha value is -1.72. The Morgan fingerprint density at radius 1 is 1.05 bits per heavy atom. The molecule has 0 N–H and O–H groups in total. The number of benzene rings is 2. The Kier molecular flexibility index (Phi) is 4.98. The lowest BCUT2D eigenvalue weighted by molar-refractivity contribution is -0.0885. The second kappa shape index (κ2) is 6.58. The number of alkyl halides is 3. The molecule has 0 radical (unpaired) electrons. The fourth-order valence-corrected chi connectivity index (χ4v) is 2.33. The molecule has 0 aliphatic carbocycles. The van der Waals surface area contributed by atoms with Gasteiger partial charge in [0.2, 0.25) is 0 Å². The van der Waals surface area contributed by atoms with Gasteiger partial charge in [-0.25, -0.2) is 0 Å². The number of ketones is 1. The van der Waals surface area contributed by atoms with E-state index in [0.717, 1.165) is 11.6 Å². The van der Waals surface area contributed by atoms with Gasteiger partial charge in [0.1, 0.15) is 12.4 Å². The zero-order valence-electron chi connectivity index (χ0n) is 11.0. The average molecular weight is 349 g/mol.